The molecule has 1 heterocycles. The molecule has 0 aromatic carbocycles. The number of carbonyl (C=O) groups is 2. The van der Waals surface area contributed by atoms with Gasteiger partial charge in [-0.2, -0.15) is 0 Å². The summed E-state index contributed by atoms with van der Waals surface area (Å²) in [5.41, 5.74) is 0.281. The summed E-state index contributed by atoms with van der Waals surface area (Å²) in [6.45, 7) is 1.50. The zero-order chi connectivity index (χ0) is 7.02. The van der Waals surface area contributed by atoms with Gasteiger partial charge in [0, 0.05) is 0 Å². The van der Waals surface area contributed by atoms with Gasteiger partial charge in [0.15, 0.2) is 0 Å². The van der Waals surface area contributed by atoms with E-state index in [4.69, 9.17) is 0 Å². The third-order valence-corrected chi connectivity index (χ3v) is 1.56. The van der Waals surface area contributed by atoms with Crippen molar-refractivity contribution in [1.82, 2.24) is 0 Å². The molecular weight excluding hydrogens is 140 g/mol. The molecule has 0 bridgehead atoms. The summed E-state index contributed by atoms with van der Waals surface area (Å²) in [6, 6.07) is 0. The lowest BCUT2D eigenvalue weighted by Gasteiger charge is -1.83. The van der Waals surface area contributed by atoms with Crippen molar-refractivity contribution < 1.29 is 14.3 Å². The van der Waals surface area contributed by atoms with Crippen LogP contribution in [0.3, 0.4) is 0 Å². The molecule has 0 amide bonds. The van der Waals surface area contributed by atoms with Gasteiger partial charge in [-0.3, -0.25) is 0 Å². The molecule has 4 heteroatoms. The minimum absolute atomic E-state index is 0.111. The Kier molecular flexibility index (Phi) is 1.32. The highest BCUT2D eigenvalue weighted by Gasteiger charge is 2.26. The maximum Gasteiger partial charge on any atom is 0.352 e. The fourth-order valence-corrected chi connectivity index (χ4v) is 0.596. The monoisotopic (exact) mass is 144 g/mol. The van der Waals surface area contributed by atoms with Gasteiger partial charge in [0.1, 0.15) is 4.91 Å². The molecule has 1 rings (SSSR count). The second-order valence-corrected chi connectivity index (χ2v) is 2.10. The highest BCUT2D eigenvalue weighted by Crippen LogP contribution is 2.18. The molecule has 0 N–H and O–H groups in total. The lowest BCUT2D eigenvalue weighted by Crippen LogP contribution is -2.00. The number of ether oxygens (including phenoxy) is 1. The van der Waals surface area contributed by atoms with Crippen LogP contribution < -0.4 is 0 Å². The molecular formula is C5H4O3S. The topological polar surface area (TPSA) is 43.4 Å². The van der Waals surface area contributed by atoms with Crippen molar-refractivity contribution in [3.63, 3.8) is 0 Å². The first-order chi connectivity index (χ1) is 4.13. The molecule has 0 fully saturated rings. The predicted molar refractivity (Wildman–Crippen MR) is 32.8 cm³/mol. The van der Waals surface area contributed by atoms with Crippen LogP contribution in [-0.4, -0.2) is 11.9 Å². The number of rotatable bonds is 0. The van der Waals surface area contributed by atoms with Crippen LogP contribution in [0.4, 0.5) is 0 Å². The average molecular weight is 144 g/mol. The Morgan fingerprint density at radius 2 is 1.89 bits per heavy atom. The van der Waals surface area contributed by atoms with Crippen molar-refractivity contribution >= 4 is 24.6 Å². The maximum absolute atomic E-state index is 10.4. The van der Waals surface area contributed by atoms with Gasteiger partial charge in [-0.1, -0.05) is 0 Å². The van der Waals surface area contributed by atoms with E-state index in [0.717, 1.165) is 0 Å². The Hall–Kier alpha value is -0.770. The van der Waals surface area contributed by atoms with Crippen molar-refractivity contribution in [2.45, 2.75) is 6.92 Å². The summed E-state index contributed by atoms with van der Waals surface area (Å²) in [5, 5.41) is 0. The quantitative estimate of drug-likeness (QED) is 0.301. The zero-order valence-electron chi connectivity index (χ0n) is 4.67. The lowest BCUT2D eigenvalue weighted by molar-refractivity contribution is -0.150. The second kappa shape index (κ2) is 1.88. The molecule has 3 nitrogen and oxygen atoms in total. The first-order valence-corrected chi connectivity index (χ1v) is 2.74. The van der Waals surface area contributed by atoms with E-state index in [2.05, 4.69) is 17.4 Å². The molecule has 0 spiro atoms. The number of esters is 2. The number of thiol groups is 1. The number of carbonyl (C=O) groups excluding carboxylic acids is 2. The molecule has 1 aliphatic heterocycles. The first-order valence-electron chi connectivity index (χ1n) is 2.29. The Bertz CT molecular complexity index is 194. The molecule has 0 atom stereocenters. The molecule has 0 unspecified atom stereocenters. The van der Waals surface area contributed by atoms with E-state index < -0.39 is 11.9 Å². The smallest absolute Gasteiger partial charge is 0.352 e. The molecule has 0 aliphatic carbocycles. The number of hydrogen-bond donors (Lipinski definition) is 1. The number of hydrogen-bond acceptors (Lipinski definition) is 4. The van der Waals surface area contributed by atoms with Crippen LogP contribution in [0.1, 0.15) is 6.92 Å². The Morgan fingerprint density at radius 1 is 1.33 bits per heavy atom. The summed E-state index contributed by atoms with van der Waals surface area (Å²) in [5.74, 6) is -1.24. The predicted octanol–water partition coefficient (Wildman–Crippen LogP) is 0.274. The first kappa shape index (κ1) is 6.35. The van der Waals surface area contributed by atoms with E-state index in [1.807, 2.05) is 0 Å². The molecule has 1 aliphatic rings. The van der Waals surface area contributed by atoms with Gasteiger partial charge < -0.3 is 4.74 Å². The van der Waals surface area contributed by atoms with Gasteiger partial charge >= 0.3 is 11.9 Å². The van der Waals surface area contributed by atoms with E-state index in [1.165, 1.54) is 6.92 Å². The van der Waals surface area contributed by atoms with E-state index in [-0.39, 0.29) is 10.5 Å². The summed E-state index contributed by atoms with van der Waals surface area (Å²) in [7, 11) is 0. The normalized spacial score (nSPS) is 18.9. The molecule has 48 valence electrons. The summed E-state index contributed by atoms with van der Waals surface area (Å²) in [6.07, 6.45) is 0. The number of cyclic esters (lactones) is 2. The van der Waals surface area contributed by atoms with E-state index in [0.29, 0.717) is 0 Å². The van der Waals surface area contributed by atoms with Gasteiger partial charge in [0.05, 0.1) is 5.57 Å². The molecule has 0 saturated carbocycles. The fraction of sp³-hybridized carbons (Fsp3) is 0.200. The van der Waals surface area contributed by atoms with Crippen LogP contribution in [0.25, 0.3) is 0 Å². The van der Waals surface area contributed by atoms with Crippen LogP contribution >= 0.6 is 12.6 Å². The molecule has 0 aromatic heterocycles. The highest BCUT2D eigenvalue weighted by atomic mass is 32.1. The third-order valence-electron chi connectivity index (χ3n) is 1.04. The lowest BCUT2D eigenvalue weighted by atomic mass is 10.3. The van der Waals surface area contributed by atoms with Crippen molar-refractivity contribution in [1.29, 1.82) is 0 Å². The van der Waals surface area contributed by atoms with Crippen molar-refractivity contribution in [2.24, 2.45) is 0 Å². The minimum atomic E-state index is -0.652. The SMILES string of the molecule is CC1=C(S)C(=O)OC1=O. The van der Waals surface area contributed by atoms with Gasteiger partial charge in [-0.05, 0) is 6.92 Å². The van der Waals surface area contributed by atoms with Gasteiger partial charge in [0.2, 0.25) is 0 Å². The molecule has 0 saturated heterocycles. The van der Waals surface area contributed by atoms with Crippen molar-refractivity contribution in [3.8, 4) is 0 Å². The Balaban J connectivity index is 3.06. The highest BCUT2D eigenvalue weighted by molar-refractivity contribution is 7.85. The van der Waals surface area contributed by atoms with Crippen LogP contribution in [0, 0.1) is 0 Å². The van der Waals surface area contributed by atoms with Crippen LogP contribution in [-0.2, 0) is 14.3 Å². The summed E-state index contributed by atoms with van der Waals surface area (Å²) in [4.78, 5) is 21.0. The van der Waals surface area contributed by atoms with Gasteiger partial charge in [-0.15, -0.1) is 12.6 Å². The molecule has 0 radical (unpaired) electrons. The average Bonchev–Trinajstić information content (AvgIpc) is 1.98. The standard InChI is InChI=1S/C5H4O3S/c1-2-3(9)5(7)8-4(2)6/h9H,1H3. The Morgan fingerprint density at radius 3 is 2.00 bits per heavy atom. The summed E-state index contributed by atoms with van der Waals surface area (Å²) < 4.78 is 4.16. The third kappa shape index (κ3) is 0.853. The molecule has 9 heavy (non-hydrogen) atoms. The fourth-order valence-electron chi connectivity index (χ4n) is 0.459. The van der Waals surface area contributed by atoms with E-state index in [1.54, 1.807) is 0 Å². The maximum atomic E-state index is 10.4. The van der Waals surface area contributed by atoms with Crippen LogP contribution in [0.15, 0.2) is 10.5 Å². The van der Waals surface area contributed by atoms with Crippen molar-refractivity contribution in [2.75, 3.05) is 0 Å². The van der Waals surface area contributed by atoms with E-state index in [9.17, 15) is 9.59 Å². The van der Waals surface area contributed by atoms with Crippen LogP contribution in [0.5, 0.6) is 0 Å². The minimum Gasteiger partial charge on any atom is -0.386 e. The largest absolute Gasteiger partial charge is 0.386 e. The molecule has 0 aromatic rings. The van der Waals surface area contributed by atoms with Crippen LogP contribution in [0.2, 0.25) is 0 Å². The van der Waals surface area contributed by atoms with E-state index >= 15 is 0 Å². The van der Waals surface area contributed by atoms with Gasteiger partial charge in [-0.25, -0.2) is 9.59 Å². The van der Waals surface area contributed by atoms with Gasteiger partial charge in [0.25, 0.3) is 0 Å². The zero-order valence-corrected chi connectivity index (χ0v) is 5.57. The van der Waals surface area contributed by atoms with Crippen molar-refractivity contribution in [3.05, 3.63) is 10.5 Å². The summed E-state index contributed by atoms with van der Waals surface area (Å²) >= 11 is 3.73. The Labute approximate surface area is 57.1 Å². The second-order valence-electron chi connectivity index (χ2n) is 1.65.